The van der Waals surface area contributed by atoms with Crippen LogP contribution in [0.5, 0.6) is 5.75 Å². The first-order valence-corrected chi connectivity index (χ1v) is 8.96. The number of nitro groups is 1. The zero-order valence-electron chi connectivity index (χ0n) is 14.9. The summed E-state index contributed by atoms with van der Waals surface area (Å²) in [6.07, 6.45) is 0. The van der Waals surface area contributed by atoms with Crippen LogP contribution in [0.15, 0.2) is 42.5 Å². The van der Waals surface area contributed by atoms with Gasteiger partial charge in [0.05, 0.1) is 33.3 Å². The fraction of sp³-hybridized carbons (Fsp3) is 0.222. The first-order chi connectivity index (χ1) is 13.3. The van der Waals surface area contributed by atoms with E-state index in [4.69, 9.17) is 27.9 Å². The molecule has 148 valence electrons. The van der Waals surface area contributed by atoms with Gasteiger partial charge in [0.1, 0.15) is 5.75 Å². The van der Waals surface area contributed by atoms with Crippen molar-refractivity contribution in [3.05, 3.63) is 62.6 Å². The Bertz CT molecular complexity index is 871. The lowest BCUT2D eigenvalue weighted by Gasteiger charge is -2.21. The highest BCUT2D eigenvalue weighted by Crippen LogP contribution is 2.29. The van der Waals surface area contributed by atoms with Crippen molar-refractivity contribution in [1.29, 1.82) is 0 Å². The van der Waals surface area contributed by atoms with Crippen molar-refractivity contribution in [2.45, 2.75) is 6.92 Å². The van der Waals surface area contributed by atoms with Crippen molar-refractivity contribution in [1.82, 2.24) is 4.90 Å². The van der Waals surface area contributed by atoms with E-state index in [9.17, 15) is 19.7 Å². The quantitative estimate of drug-likeness (QED) is 0.512. The van der Waals surface area contributed by atoms with Crippen LogP contribution < -0.4 is 10.1 Å². The summed E-state index contributed by atoms with van der Waals surface area (Å²) in [5.41, 5.74) is 0.125. The number of rotatable bonds is 8. The molecule has 2 amide bonds. The topological polar surface area (TPSA) is 102 Å². The molecule has 2 rings (SSSR count). The molecule has 0 aromatic heterocycles. The molecule has 2 aromatic carbocycles. The number of nitrogens with one attached hydrogen (secondary N) is 1. The number of nitrogens with zero attached hydrogens (tertiary/aromatic N) is 2. The third kappa shape index (κ3) is 5.83. The molecular formula is C18H17Cl2N3O5. The van der Waals surface area contributed by atoms with Crippen LogP contribution in [0.2, 0.25) is 10.0 Å². The van der Waals surface area contributed by atoms with Crippen molar-refractivity contribution >= 4 is 46.4 Å². The summed E-state index contributed by atoms with van der Waals surface area (Å²) in [7, 11) is 0. The predicted octanol–water partition coefficient (Wildman–Crippen LogP) is 3.77. The Morgan fingerprint density at radius 2 is 1.82 bits per heavy atom. The van der Waals surface area contributed by atoms with Crippen molar-refractivity contribution < 1.29 is 19.2 Å². The van der Waals surface area contributed by atoms with Gasteiger partial charge in [-0.15, -0.1) is 0 Å². The molecule has 0 radical (unpaired) electrons. The highest BCUT2D eigenvalue weighted by molar-refractivity contribution is 6.39. The van der Waals surface area contributed by atoms with Gasteiger partial charge in [-0.25, -0.2) is 0 Å². The minimum absolute atomic E-state index is 0.145. The van der Waals surface area contributed by atoms with E-state index in [1.54, 1.807) is 25.1 Å². The van der Waals surface area contributed by atoms with E-state index < -0.39 is 16.7 Å². The number of hydrogen-bond donors (Lipinski definition) is 1. The molecule has 1 N–H and O–H groups in total. The van der Waals surface area contributed by atoms with Crippen LogP contribution in [0.25, 0.3) is 0 Å². The molecule has 0 atom stereocenters. The van der Waals surface area contributed by atoms with Crippen LogP contribution in [0.1, 0.15) is 6.92 Å². The summed E-state index contributed by atoms with van der Waals surface area (Å²) < 4.78 is 5.31. The Morgan fingerprint density at radius 1 is 1.18 bits per heavy atom. The molecule has 0 spiro atoms. The second kappa shape index (κ2) is 9.91. The van der Waals surface area contributed by atoms with Crippen LogP contribution in [0.4, 0.5) is 11.4 Å². The van der Waals surface area contributed by atoms with Gasteiger partial charge in [0.25, 0.3) is 11.6 Å². The molecule has 10 heteroatoms. The van der Waals surface area contributed by atoms with Crippen LogP contribution in [-0.2, 0) is 9.59 Å². The Balaban J connectivity index is 1.95. The number of nitro benzene ring substituents is 1. The molecule has 0 saturated carbocycles. The van der Waals surface area contributed by atoms with Crippen molar-refractivity contribution in [2.75, 3.05) is 25.0 Å². The first kappa shape index (κ1) is 21.5. The van der Waals surface area contributed by atoms with E-state index >= 15 is 0 Å². The van der Waals surface area contributed by atoms with Crippen molar-refractivity contribution in [3.8, 4) is 5.75 Å². The van der Waals surface area contributed by atoms with Gasteiger partial charge in [0.15, 0.2) is 6.61 Å². The lowest BCUT2D eigenvalue weighted by molar-refractivity contribution is -0.384. The smallest absolute Gasteiger partial charge is 0.273 e. The predicted molar refractivity (Wildman–Crippen MR) is 106 cm³/mol. The Morgan fingerprint density at radius 3 is 2.43 bits per heavy atom. The zero-order valence-corrected chi connectivity index (χ0v) is 16.4. The van der Waals surface area contributed by atoms with Crippen LogP contribution in [0, 0.1) is 10.1 Å². The van der Waals surface area contributed by atoms with E-state index in [1.807, 2.05) is 0 Å². The molecule has 0 unspecified atom stereocenters. The molecule has 0 aliphatic carbocycles. The van der Waals surface area contributed by atoms with E-state index in [2.05, 4.69) is 5.32 Å². The normalized spacial score (nSPS) is 10.2. The Kier molecular flexibility index (Phi) is 7.60. The number of amides is 2. The summed E-state index contributed by atoms with van der Waals surface area (Å²) >= 11 is 12.0. The second-order valence-corrected chi connectivity index (χ2v) is 6.41. The fourth-order valence-corrected chi connectivity index (χ4v) is 2.76. The average molecular weight is 426 g/mol. The number of benzene rings is 2. The summed E-state index contributed by atoms with van der Waals surface area (Å²) in [5, 5.41) is 13.9. The summed E-state index contributed by atoms with van der Waals surface area (Å²) in [6, 6.07) is 10.3. The summed E-state index contributed by atoms with van der Waals surface area (Å²) in [6.45, 7) is 1.38. The van der Waals surface area contributed by atoms with E-state index in [0.717, 1.165) is 0 Å². The standard InChI is InChI=1S/C18H17Cl2N3O5/c1-2-22(10-16(24)21-18-14(19)7-4-8-15(18)20)17(25)11-28-13-6-3-5-12(9-13)23(26)27/h3-9H,2,10-11H2,1H3,(H,21,24). The molecule has 0 aliphatic heterocycles. The monoisotopic (exact) mass is 425 g/mol. The average Bonchev–Trinajstić information content (AvgIpc) is 2.67. The summed E-state index contributed by atoms with van der Waals surface area (Å²) in [5.74, 6) is -0.735. The molecule has 0 fully saturated rings. The third-order valence-corrected chi connectivity index (χ3v) is 4.32. The molecule has 28 heavy (non-hydrogen) atoms. The van der Waals surface area contributed by atoms with Gasteiger partial charge in [-0.05, 0) is 25.1 Å². The number of para-hydroxylation sites is 1. The maximum atomic E-state index is 12.3. The number of ether oxygens (including phenoxy) is 1. The molecule has 0 aliphatic rings. The first-order valence-electron chi connectivity index (χ1n) is 8.20. The van der Waals surface area contributed by atoms with Gasteiger partial charge in [-0.1, -0.05) is 35.3 Å². The minimum atomic E-state index is -0.558. The second-order valence-electron chi connectivity index (χ2n) is 5.60. The van der Waals surface area contributed by atoms with Crippen LogP contribution >= 0.6 is 23.2 Å². The number of carbonyl (C=O) groups is 2. The Labute approximate surface area is 171 Å². The maximum absolute atomic E-state index is 12.3. The largest absolute Gasteiger partial charge is 0.484 e. The zero-order chi connectivity index (χ0) is 20.7. The molecule has 0 saturated heterocycles. The van der Waals surface area contributed by atoms with E-state index in [1.165, 1.54) is 29.2 Å². The van der Waals surface area contributed by atoms with Gasteiger partial charge in [-0.3, -0.25) is 19.7 Å². The molecule has 0 bridgehead atoms. The molecule has 8 nitrogen and oxygen atoms in total. The van der Waals surface area contributed by atoms with Gasteiger partial charge >= 0.3 is 0 Å². The lowest BCUT2D eigenvalue weighted by atomic mass is 10.3. The third-order valence-electron chi connectivity index (χ3n) is 3.69. The van der Waals surface area contributed by atoms with Gasteiger partial charge < -0.3 is 15.0 Å². The number of hydrogen-bond acceptors (Lipinski definition) is 5. The van der Waals surface area contributed by atoms with E-state index in [0.29, 0.717) is 0 Å². The minimum Gasteiger partial charge on any atom is -0.484 e. The van der Waals surface area contributed by atoms with Gasteiger partial charge in [0, 0.05) is 12.6 Å². The number of likely N-dealkylation sites (N-methyl/N-ethyl adjacent to an activating group) is 1. The van der Waals surface area contributed by atoms with Gasteiger partial charge in [-0.2, -0.15) is 0 Å². The highest BCUT2D eigenvalue weighted by atomic mass is 35.5. The van der Waals surface area contributed by atoms with Crippen LogP contribution in [0.3, 0.4) is 0 Å². The molecule has 0 heterocycles. The SMILES string of the molecule is CCN(CC(=O)Nc1c(Cl)cccc1Cl)C(=O)COc1cccc([N+](=O)[O-])c1. The number of halogens is 2. The van der Waals surface area contributed by atoms with Gasteiger partial charge in [0.2, 0.25) is 5.91 Å². The summed E-state index contributed by atoms with van der Waals surface area (Å²) in [4.78, 5) is 36.1. The van der Waals surface area contributed by atoms with Crippen molar-refractivity contribution in [3.63, 3.8) is 0 Å². The molecule has 2 aromatic rings. The lowest BCUT2D eigenvalue weighted by Crippen LogP contribution is -2.40. The van der Waals surface area contributed by atoms with E-state index in [-0.39, 0.29) is 46.9 Å². The highest BCUT2D eigenvalue weighted by Gasteiger charge is 2.18. The Hall–Kier alpha value is -2.84. The molecular weight excluding hydrogens is 409 g/mol. The number of anilines is 1. The van der Waals surface area contributed by atoms with Crippen LogP contribution in [-0.4, -0.2) is 41.3 Å². The number of non-ortho nitro benzene ring substituents is 1. The number of carbonyl (C=O) groups excluding carboxylic acids is 2. The fourth-order valence-electron chi connectivity index (χ4n) is 2.27. The van der Waals surface area contributed by atoms with Crippen molar-refractivity contribution in [2.24, 2.45) is 0 Å². The maximum Gasteiger partial charge on any atom is 0.273 e.